The van der Waals surface area contributed by atoms with E-state index in [0.717, 1.165) is 17.1 Å². The molecule has 0 aromatic heterocycles. The topological polar surface area (TPSA) is 18.5 Å². The van der Waals surface area contributed by atoms with Gasteiger partial charge in [0.2, 0.25) is 6.79 Å². The van der Waals surface area contributed by atoms with E-state index >= 15 is 0 Å². The molecule has 0 N–H and O–H groups in total. The second kappa shape index (κ2) is 2.51. The third-order valence-electron chi connectivity index (χ3n) is 1.49. The minimum atomic E-state index is 0.302. The Hall–Kier alpha value is -1.09. The Morgan fingerprint density at radius 2 is 2.09 bits per heavy atom. The predicted octanol–water partition coefficient (Wildman–Crippen LogP) is 1.64. The van der Waals surface area contributed by atoms with Gasteiger partial charge in [-0.3, -0.25) is 0 Å². The van der Waals surface area contributed by atoms with Crippen LogP contribution in [0.3, 0.4) is 0 Å². The third kappa shape index (κ3) is 1.07. The van der Waals surface area contributed by atoms with E-state index in [2.05, 4.69) is 17.6 Å². The Morgan fingerprint density at radius 1 is 1.27 bits per heavy atom. The molecule has 2 rings (SSSR count). The average molecular weight is 165 g/mol. The van der Waals surface area contributed by atoms with E-state index in [-0.39, 0.29) is 0 Å². The molecule has 0 spiro atoms. The average Bonchev–Trinajstić information content (AvgIpc) is 2.50. The van der Waals surface area contributed by atoms with Gasteiger partial charge in [0.1, 0.15) is 0 Å². The Balaban J connectivity index is 2.48. The summed E-state index contributed by atoms with van der Waals surface area (Å²) in [7, 11) is 0. The van der Waals surface area contributed by atoms with E-state index in [4.69, 9.17) is 9.47 Å². The van der Waals surface area contributed by atoms with Crippen molar-refractivity contribution in [2.75, 3.05) is 6.79 Å². The van der Waals surface area contributed by atoms with Crippen LogP contribution in [0.4, 0.5) is 0 Å². The molecule has 1 heterocycles. The summed E-state index contributed by atoms with van der Waals surface area (Å²) in [4.78, 5) is 0. The fourth-order valence-electron chi connectivity index (χ4n) is 0.960. The number of hydrogen-bond donors (Lipinski definition) is 0. The Bertz CT molecular complexity index is 296. The molecular formula is C8H5O2S. The molecule has 0 unspecified atom stereocenters. The molecule has 3 heteroatoms. The maximum absolute atomic E-state index is 5.13. The van der Waals surface area contributed by atoms with Crippen molar-refractivity contribution >= 4 is 17.6 Å². The van der Waals surface area contributed by atoms with Crippen LogP contribution in [-0.4, -0.2) is 12.2 Å². The number of thiocarbonyl (C=S) groups is 1. The van der Waals surface area contributed by atoms with Crippen LogP contribution in [0.25, 0.3) is 0 Å². The van der Waals surface area contributed by atoms with Crippen LogP contribution < -0.4 is 9.47 Å². The molecule has 1 aromatic rings. The highest BCUT2D eigenvalue weighted by Crippen LogP contribution is 2.31. The molecule has 1 radical (unpaired) electrons. The van der Waals surface area contributed by atoms with Gasteiger partial charge >= 0.3 is 0 Å². The van der Waals surface area contributed by atoms with Crippen molar-refractivity contribution in [1.29, 1.82) is 0 Å². The molecule has 1 aliphatic rings. The van der Waals surface area contributed by atoms with E-state index in [1.807, 2.05) is 18.2 Å². The molecule has 0 saturated heterocycles. The largest absolute Gasteiger partial charge is 0.454 e. The first kappa shape index (κ1) is 6.61. The van der Waals surface area contributed by atoms with Gasteiger partial charge in [-0.2, -0.15) is 0 Å². The number of benzene rings is 1. The van der Waals surface area contributed by atoms with Crippen LogP contribution in [0.15, 0.2) is 18.2 Å². The molecule has 0 amide bonds. The van der Waals surface area contributed by atoms with Gasteiger partial charge in [-0.25, -0.2) is 0 Å². The summed E-state index contributed by atoms with van der Waals surface area (Å²) in [5, 5.41) is 2.60. The number of rotatable bonds is 1. The third-order valence-corrected chi connectivity index (χ3v) is 1.73. The highest BCUT2D eigenvalue weighted by atomic mass is 32.1. The molecule has 1 aliphatic heterocycles. The van der Waals surface area contributed by atoms with Crippen LogP contribution in [0.2, 0.25) is 0 Å². The quantitative estimate of drug-likeness (QED) is 0.589. The lowest BCUT2D eigenvalue weighted by atomic mass is 10.2. The number of fused-ring (bicyclic) bond motifs is 1. The van der Waals surface area contributed by atoms with Gasteiger partial charge in [-0.1, -0.05) is 12.2 Å². The lowest BCUT2D eigenvalue weighted by Gasteiger charge is -1.94. The van der Waals surface area contributed by atoms with Crippen molar-refractivity contribution in [3.05, 3.63) is 23.8 Å². The van der Waals surface area contributed by atoms with Gasteiger partial charge < -0.3 is 9.47 Å². The standard InChI is InChI=1S/C8H5O2S/c11-4-6-1-2-7-8(3-6)10-5-9-7/h1-3H,5H2. The van der Waals surface area contributed by atoms with Gasteiger partial charge in [0.05, 0.1) is 5.37 Å². The summed E-state index contributed by atoms with van der Waals surface area (Å²) in [5.41, 5.74) is 0.851. The maximum Gasteiger partial charge on any atom is 0.231 e. The first-order valence-electron chi connectivity index (χ1n) is 3.18. The Kier molecular flexibility index (Phi) is 1.51. The normalized spacial score (nSPS) is 13.1. The van der Waals surface area contributed by atoms with Gasteiger partial charge in [0.25, 0.3) is 0 Å². The Labute approximate surface area is 69.7 Å². The summed E-state index contributed by atoms with van der Waals surface area (Å²) in [6.45, 7) is 0.302. The predicted molar refractivity (Wildman–Crippen MR) is 44.3 cm³/mol. The molecule has 11 heavy (non-hydrogen) atoms. The molecule has 2 nitrogen and oxygen atoms in total. The van der Waals surface area contributed by atoms with Crippen molar-refractivity contribution in [2.24, 2.45) is 0 Å². The van der Waals surface area contributed by atoms with Gasteiger partial charge in [-0.05, 0) is 23.8 Å². The van der Waals surface area contributed by atoms with Crippen molar-refractivity contribution in [3.63, 3.8) is 0 Å². The van der Waals surface area contributed by atoms with E-state index in [9.17, 15) is 0 Å². The molecular weight excluding hydrogens is 160 g/mol. The van der Waals surface area contributed by atoms with Crippen molar-refractivity contribution in [3.8, 4) is 11.5 Å². The SMILES string of the molecule is S=[C]c1ccc2c(c1)OCO2. The highest BCUT2D eigenvalue weighted by Gasteiger charge is 2.11. The van der Waals surface area contributed by atoms with E-state index < -0.39 is 0 Å². The van der Waals surface area contributed by atoms with Crippen LogP contribution in [0, 0.1) is 0 Å². The number of hydrogen-bond acceptors (Lipinski definition) is 3. The summed E-state index contributed by atoms with van der Waals surface area (Å²) in [6, 6.07) is 5.49. The minimum absolute atomic E-state index is 0.302. The fourth-order valence-corrected chi connectivity index (χ4v) is 1.09. The lowest BCUT2D eigenvalue weighted by molar-refractivity contribution is 0.174. The van der Waals surface area contributed by atoms with Crippen LogP contribution in [0.1, 0.15) is 5.56 Å². The molecule has 55 valence electrons. The molecule has 1 aromatic carbocycles. The smallest absolute Gasteiger partial charge is 0.231 e. The molecule has 0 aliphatic carbocycles. The second-order valence-corrected chi connectivity index (χ2v) is 2.37. The van der Waals surface area contributed by atoms with Gasteiger partial charge in [0, 0.05) is 0 Å². The minimum Gasteiger partial charge on any atom is -0.454 e. The maximum atomic E-state index is 5.13. The van der Waals surface area contributed by atoms with Gasteiger partial charge in [-0.15, -0.1) is 0 Å². The van der Waals surface area contributed by atoms with E-state index in [1.54, 1.807) is 0 Å². The summed E-state index contributed by atoms with van der Waals surface area (Å²) >= 11 is 4.64. The lowest BCUT2D eigenvalue weighted by Crippen LogP contribution is -1.92. The van der Waals surface area contributed by atoms with E-state index in [1.165, 1.54) is 0 Å². The Morgan fingerprint density at radius 3 is 2.91 bits per heavy atom. The highest BCUT2D eigenvalue weighted by molar-refractivity contribution is 7.79. The fraction of sp³-hybridized carbons (Fsp3) is 0.125. The number of ether oxygens (including phenoxy) is 2. The summed E-state index contributed by atoms with van der Waals surface area (Å²) < 4.78 is 10.2. The second-order valence-electron chi connectivity index (χ2n) is 2.17. The van der Waals surface area contributed by atoms with Crippen molar-refractivity contribution in [2.45, 2.75) is 0 Å². The van der Waals surface area contributed by atoms with Gasteiger partial charge in [0.15, 0.2) is 11.5 Å². The van der Waals surface area contributed by atoms with Crippen LogP contribution >= 0.6 is 12.2 Å². The molecule has 0 atom stereocenters. The van der Waals surface area contributed by atoms with E-state index in [0.29, 0.717) is 6.79 Å². The molecule has 0 bridgehead atoms. The monoisotopic (exact) mass is 165 g/mol. The van der Waals surface area contributed by atoms with Crippen molar-refractivity contribution in [1.82, 2.24) is 0 Å². The first-order chi connectivity index (χ1) is 5.40. The molecule has 0 fully saturated rings. The first-order valence-corrected chi connectivity index (χ1v) is 3.59. The zero-order chi connectivity index (χ0) is 7.68. The van der Waals surface area contributed by atoms with Crippen molar-refractivity contribution < 1.29 is 9.47 Å². The summed E-state index contributed by atoms with van der Waals surface area (Å²) in [5.74, 6) is 1.53. The van der Waals surface area contributed by atoms with Crippen LogP contribution in [0.5, 0.6) is 11.5 Å². The zero-order valence-electron chi connectivity index (χ0n) is 5.66. The van der Waals surface area contributed by atoms with Crippen LogP contribution in [-0.2, 0) is 0 Å². The summed E-state index contributed by atoms with van der Waals surface area (Å²) in [6.07, 6.45) is 0. The molecule has 0 saturated carbocycles. The zero-order valence-corrected chi connectivity index (χ0v) is 6.48.